The molecule has 0 radical (unpaired) electrons. The van der Waals surface area contributed by atoms with E-state index in [0.29, 0.717) is 11.5 Å². The van der Waals surface area contributed by atoms with Crippen LogP contribution in [-0.4, -0.2) is 33.6 Å². The molecule has 6 heteroatoms. The molecule has 29 heavy (non-hydrogen) atoms. The summed E-state index contributed by atoms with van der Waals surface area (Å²) in [4.78, 5) is 13.5. The number of pyridine rings is 1. The maximum atomic E-state index is 5.39. The van der Waals surface area contributed by atoms with E-state index in [9.17, 15) is 0 Å². The molecule has 0 atom stereocenters. The lowest BCUT2D eigenvalue weighted by atomic mass is 10.1. The molecule has 5 aromatic rings. The molecule has 0 spiro atoms. The van der Waals surface area contributed by atoms with Crippen LogP contribution < -0.4 is 9.47 Å². The maximum Gasteiger partial charge on any atom is 0.155 e. The lowest BCUT2D eigenvalue weighted by molar-refractivity contribution is 0.394. The third kappa shape index (κ3) is 3.04. The molecule has 0 saturated carbocycles. The second-order valence-electron chi connectivity index (χ2n) is 6.66. The van der Waals surface area contributed by atoms with Crippen molar-refractivity contribution in [3.63, 3.8) is 0 Å². The highest BCUT2D eigenvalue weighted by atomic mass is 16.5. The summed E-state index contributed by atoms with van der Waals surface area (Å²) >= 11 is 0. The van der Waals surface area contributed by atoms with Crippen LogP contribution in [0.3, 0.4) is 0 Å². The summed E-state index contributed by atoms with van der Waals surface area (Å²) in [6.45, 7) is 0. The van der Waals surface area contributed by atoms with Crippen LogP contribution in [0.5, 0.6) is 11.5 Å². The Morgan fingerprint density at radius 3 is 2.41 bits per heavy atom. The van der Waals surface area contributed by atoms with E-state index in [2.05, 4.69) is 33.2 Å². The number of methoxy groups -OCH3 is 2. The fourth-order valence-electron chi connectivity index (χ4n) is 3.44. The SMILES string of the molecule is COc1cc(OC)cc(-c2cn3c(-c4ccc5ncccc5c4)cnc3cn2)c1. The van der Waals surface area contributed by atoms with Crippen molar-refractivity contribution in [3.8, 4) is 34.0 Å². The molecule has 0 aliphatic heterocycles. The first-order valence-corrected chi connectivity index (χ1v) is 9.17. The molecule has 0 fully saturated rings. The molecule has 6 nitrogen and oxygen atoms in total. The van der Waals surface area contributed by atoms with Crippen molar-refractivity contribution in [3.05, 3.63) is 73.3 Å². The predicted octanol–water partition coefficient (Wildman–Crippen LogP) is 4.63. The highest BCUT2D eigenvalue weighted by molar-refractivity contribution is 5.84. The van der Waals surface area contributed by atoms with Gasteiger partial charge in [0.2, 0.25) is 0 Å². The standard InChI is InChI=1S/C23H18N4O2/c1-28-18-9-17(10-19(11-18)29-2)21-14-27-22(12-26-23(27)13-25-21)16-5-6-20-15(8-16)4-3-7-24-20/h3-14H,1-2H3. The Balaban J connectivity index is 1.66. The van der Waals surface area contributed by atoms with Crippen molar-refractivity contribution in [2.75, 3.05) is 14.2 Å². The Kier molecular flexibility index (Phi) is 4.09. The van der Waals surface area contributed by atoms with E-state index in [4.69, 9.17) is 9.47 Å². The summed E-state index contributed by atoms with van der Waals surface area (Å²) in [6, 6.07) is 15.9. The van der Waals surface area contributed by atoms with E-state index >= 15 is 0 Å². The fraction of sp³-hybridized carbons (Fsp3) is 0.0870. The average molecular weight is 382 g/mol. The van der Waals surface area contributed by atoms with Gasteiger partial charge in [-0.1, -0.05) is 12.1 Å². The van der Waals surface area contributed by atoms with Gasteiger partial charge in [0.1, 0.15) is 11.5 Å². The van der Waals surface area contributed by atoms with Crippen molar-refractivity contribution < 1.29 is 9.47 Å². The smallest absolute Gasteiger partial charge is 0.155 e. The van der Waals surface area contributed by atoms with Gasteiger partial charge in [-0.25, -0.2) is 4.98 Å². The minimum absolute atomic E-state index is 0.717. The van der Waals surface area contributed by atoms with E-state index in [0.717, 1.165) is 39.1 Å². The van der Waals surface area contributed by atoms with Gasteiger partial charge < -0.3 is 9.47 Å². The van der Waals surface area contributed by atoms with Gasteiger partial charge in [-0.15, -0.1) is 0 Å². The largest absolute Gasteiger partial charge is 0.497 e. The molecule has 5 rings (SSSR count). The Bertz CT molecular complexity index is 1320. The summed E-state index contributed by atoms with van der Waals surface area (Å²) in [5.74, 6) is 1.43. The number of hydrogen-bond acceptors (Lipinski definition) is 5. The Morgan fingerprint density at radius 2 is 1.62 bits per heavy atom. The van der Waals surface area contributed by atoms with Gasteiger partial charge in [0.05, 0.1) is 43.5 Å². The third-order valence-corrected chi connectivity index (χ3v) is 4.94. The molecule has 3 aromatic heterocycles. The van der Waals surface area contributed by atoms with E-state index in [-0.39, 0.29) is 0 Å². The van der Waals surface area contributed by atoms with Gasteiger partial charge in [-0.3, -0.25) is 14.4 Å². The number of aromatic nitrogens is 4. The number of imidazole rings is 1. The van der Waals surface area contributed by atoms with E-state index in [1.54, 1.807) is 26.6 Å². The quantitative estimate of drug-likeness (QED) is 0.454. The van der Waals surface area contributed by atoms with Gasteiger partial charge in [0.25, 0.3) is 0 Å². The van der Waals surface area contributed by atoms with E-state index < -0.39 is 0 Å². The van der Waals surface area contributed by atoms with Crippen LogP contribution in [0.25, 0.3) is 39.1 Å². The molecule has 0 amide bonds. The maximum absolute atomic E-state index is 5.39. The van der Waals surface area contributed by atoms with Crippen molar-refractivity contribution in [1.82, 2.24) is 19.4 Å². The highest BCUT2D eigenvalue weighted by Crippen LogP contribution is 2.30. The summed E-state index contributed by atoms with van der Waals surface area (Å²) in [5.41, 5.74) is 5.52. The van der Waals surface area contributed by atoms with Crippen molar-refractivity contribution in [1.29, 1.82) is 0 Å². The monoisotopic (exact) mass is 382 g/mol. The molecule has 0 aliphatic carbocycles. The third-order valence-electron chi connectivity index (χ3n) is 4.94. The van der Waals surface area contributed by atoms with Crippen molar-refractivity contribution in [2.45, 2.75) is 0 Å². The molecular formula is C23H18N4O2. The zero-order valence-corrected chi connectivity index (χ0v) is 16.0. The fourth-order valence-corrected chi connectivity index (χ4v) is 3.44. The zero-order chi connectivity index (χ0) is 19.8. The van der Waals surface area contributed by atoms with Crippen molar-refractivity contribution >= 4 is 16.6 Å². The predicted molar refractivity (Wildman–Crippen MR) is 112 cm³/mol. The summed E-state index contributed by atoms with van der Waals surface area (Å²) in [6.07, 6.45) is 7.42. The average Bonchev–Trinajstić information content (AvgIpc) is 3.21. The Labute approximate surface area is 167 Å². The number of nitrogens with zero attached hydrogens (tertiary/aromatic N) is 4. The van der Waals surface area contributed by atoms with Crippen LogP contribution in [0, 0.1) is 0 Å². The van der Waals surface area contributed by atoms with Gasteiger partial charge in [-0.2, -0.15) is 0 Å². The molecule has 0 aliphatic rings. The van der Waals surface area contributed by atoms with Gasteiger partial charge >= 0.3 is 0 Å². The second-order valence-corrected chi connectivity index (χ2v) is 6.66. The zero-order valence-electron chi connectivity index (χ0n) is 16.0. The Morgan fingerprint density at radius 1 is 0.793 bits per heavy atom. The number of benzene rings is 2. The number of ether oxygens (including phenoxy) is 2. The van der Waals surface area contributed by atoms with Crippen LogP contribution >= 0.6 is 0 Å². The minimum Gasteiger partial charge on any atom is -0.497 e. The Hall–Kier alpha value is -3.93. The van der Waals surface area contributed by atoms with Crippen LogP contribution in [0.4, 0.5) is 0 Å². The second kappa shape index (κ2) is 6.91. The summed E-state index contributed by atoms with van der Waals surface area (Å²) in [7, 11) is 3.27. The molecule has 0 bridgehead atoms. The lowest BCUT2D eigenvalue weighted by Gasteiger charge is -2.09. The number of fused-ring (bicyclic) bond motifs is 2. The van der Waals surface area contributed by atoms with Gasteiger partial charge in [0.15, 0.2) is 5.65 Å². The minimum atomic E-state index is 0.717. The molecule has 2 aromatic carbocycles. The van der Waals surface area contributed by atoms with Gasteiger partial charge in [-0.05, 0) is 30.3 Å². The molecule has 142 valence electrons. The van der Waals surface area contributed by atoms with Crippen LogP contribution in [0.15, 0.2) is 73.3 Å². The lowest BCUT2D eigenvalue weighted by Crippen LogP contribution is -1.94. The van der Waals surface area contributed by atoms with E-state index in [1.807, 2.05) is 47.1 Å². The van der Waals surface area contributed by atoms with Crippen molar-refractivity contribution in [2.24, 2.45) is 0 Å². The summed E-state index contributed by atoms with van der Waals surface area (Å²) in [5, 5.41) is 1.09. The first kappa shape index (κ1) is 17.2. The molecule has 0 N–H and O–H groups in total. The van der Waals surface area contributed by atoms with Crippen LogP contribution in [0.1, 0.15) is 0 Å². The molecular weight excluding hydrogens is 364 g/mol. The number of hydrogen-bond donors (Lipinski definition) is 0. The normalized spacial score (nSPS) is 11.1. The molecule has 3 heterocycles. The van der Waals surface area contributed by atoms with Crippen LogP contribution in [-0.2, 0) is 0 Å². The first-order valence-electron chi connectivity index (χ1n) is 9.17. The summed E-state index contributed by atoms with van der Waals surface area (Å²) < 4.78 is 12.8. The highest BCUT2D eigenvalue weighted by Gasteiger charge is 2.11. The first-order chi connectivity index (χ1) is 14.2. The van der Waals surface area contributed by atoms with Gasteiger partial charge in [0, 0.05) is 35.0 Å². The van der Waals surface area contributed by atoms with Crippen LogP contribution in [0.2, 0.25) is 0 Å². The number of rotatable bonds is 4. The van der Waals surface area contributed by atoms with E-state index in [1.165, 1.54) is 0 Å². The topological polar surface area (TPSA) is 61.5 Å². The molecule has 0 saturated heterocycles. The molecule has 0 unspecified atom stereocenters.